The van der Waals surface area contributed by atoms with Gasteiger partial charge in [-0.15, -0.1) is 0 Å². The lowest BCUT2D eigenvalue weighted by atomic mass is 9.95. The Labute approximate surface area is 107 Å². The number of carbonyl (C=O) groups excluding carboxylic acids is 1. The molecule has 1 atom stereocenters. The maximum absolute atomic E-state index is 13.0. The number of hydrogen-bond donors (Lipinski definition) is 1. The van der Waals surface area contributed by atoms with Gasteiger partial charge < -0.3 is 10.2 Å². The van der Waals surface area contributed by atoms with E-state index in [1.807, 2.05) is 0 Å². The van der Waals surface area contributed by atoms with Crippen molar-refractivity contribution < 1.29 is 9.18 Å². The fraction of sp³-hybridized carbons (Fsp3) is 0.500. The molecule has 0 saturated carbocycles. The number of benzene rings is 1. The molecule has 1 amide bonds. The van der Waals surface area contributed by atoms with Crippen LogP contribution < -0.4 is 5.32 Å². The molecular weight excluding hydrogens is 231 g/mol. The second-order valence-corrected chi connectivity index (χ2v) is 5.03. The number of halogens is 1. The Kier molecular flexibility index (Phi) is 4.31. The average Bonchev–Trinajstić information content (AvgIpc) is 2.28. The van der Waals surface area contributed by atoms with Crippen molar-refractivity contribution in [2.24, 2.45) is 5.92 Å². The minimum absolute atomic E-state index is 0.0269. The van der Waals surface area contributed by atoms with Gasteiger partial charge in [0.05, 0.1) is 0 Å². The van der Waals surface area contributed by atoms with Gasteiger partial charge in [0.1, 0.15) is 5.82 Å². The number of anilines is 1. The number of carbonyl (C=O) groups is 1. The standard InChI is InChI=1S/C14H19FN2O/c1-17-7-3-4-11(10-17)8-14(18)16-13-6-2-5-12(15)9-13/h2,5-6,9,11H,3-4,7-8,10H2,1H3,(H,16,18). The first-order valence-electron chi connectivity index (χ1n) is 6.37. The highest BCUT2D eigenvalue weighted by Gasteiger charge is 2.19. The third-order valence-electron chi connectivity index (χ3n) is 3.30. The Morgan fingerprint density at radius 1 is 1.56 bits per heavy atom. The predicted molar refractivity (Wildman–Crippen MR) is 69.9 cm³/mol. The summed E-state index contributed by atoms with van der Waals surface area (Å²) in [7, 11) is 2.08. The number of hydrogen-bond acceptors (Lipinski definition) is 2. The summed E-state index contributed by atoms with van der Waals surface area (Å²) in [6.07, 6.45) is 2.76. The molecule has 18 heavy (non-hydrogen) atoms. The van der Waals surface area contributed by atoms with E-state index in [1.165, 1.54) is 12.1 Å². The van der Waals surface area contributed by atoms with Crippen molar-refractivity contribution in [3.05, 3.63) is 30.1 Å². The molecule has 1 N–H and O–H groups in total. The molecular formula is C14H19FN2O. The molecule has 1 unspecified atom stereocenters. The Hall–Kier alpha value is -1.42. The maximum Gasteiger partial charge on any atom is 0.224 e. The highest BCUT2D eigenvalue weighted by molar-refractivity contribution is 5.90. The van der Waals surface area contributed by atoms with Gasteiger partial charge in [-0.05, 0) is 50.6 Å². The molecule has 0 bridgehead atoms. The summed E-state index contributed by atoms with van der Waals surface area (Å²) < 4.78 is 13.0. The van der Waals surface area contributed by atoms with E-state index in [0.717, 1.165) is 25.9 Å². The Morgan fingerprint density at radius 3 is 3.11 bits per heavy atom. The summed E-state index contributed by atoms with van der Waals surface area (Å²) in [5, 5.41) is 2.75. The number of amides is 1. The molecule has 1 aliphatic heterocycles. The zero-order valence-electron chi connectivity index (χ0n) is 10.7. The zero-order chi connectivity index (χ0) is 13.0. The van der Waals surface area contributed by atoms with E-state index >= 15 is 0 Å². The molecule has 1 aromatic rings. The third-order valence-corrected chi connectivity index (χ3v) is 3.30. The van der Waals surface area contributed by atoms with E-state index in [1.54, 1.807) is 12.1 Å². The van der Waals surface area contributed by atoms with Crippen LogP contribution in [0.1, 0.15) is 19.3 Å². The first-order chi connectivity index (χ1) is 8.63. The number of nitrogens with one attached hydrogen (secondary N) is 1. The minimum Gasteiger partial charge on any atom is -0.326 e. The Balaban J connectivity index is 1.85. The van der Waals surface area contributed by atoms with Crippen LogP contribution in [-0.2, 0) is 4.79 Å². The van der Waals surface area contributed by atoms with E-state index in [2.05, 4.69) is 17.3 Å². The van der Waals surface area contributed by atoms with Gasteiger partial charge in [-0.3, -0.25) is 4.79 Å². The second-order valence-electron chi connectivity index (χ2n) is 5.03. The van der Waals surface area contributed by atoms with Gasteiger partial charge in [-0.25, -0.2) is 4.39 Å². The van der Waals surface area contributed by atoms with Crippen molar-refractivity contribution in [1.82, 2.24) is 4.90 Å². The van der Waals surface area contributed by atoms with Gasteiger partial charge in [0.2, 0.25) is 5.91 Å². The van der Waals surface area contributed by atoms with Crippen molar-refractivity contribution in [3.63, 3.8) is 0 Å². The zero-order valence-corrected chi connectivity index (χ0v) is 10.7. The number of rotatable bonds is 3. The lowest BCUT2D eigenvalue weighted by Gasteiger charge is -2.29. The van der Waals surface area contributed by atoms with Gasteiger partial charge in [-0.1, -0.05) is 6.07 Å². The van der Waals surface area contributed by atoms with Crippen molar-refractivity contribution >= 4 is 11.6 Å². The van der Waals surface area contributed by atoms with Crippen LogP contribution in [0, 0.1) is 11.7 Å². The van der Waals surface area contributed by atoms with Crippen LogP contribution in [0.2, 0.25) is 0 Å². The minimum atomic E-state index is -0.329. The molecule has 3 nitrogen and oxygen atoms in total. The first-order valence-corrected chi connectivity index (χ1v) is 6.37. The molecule has 0 radical (unpaired) electrons. The maximum atomic E-state index is 13.0. The SMILES string of the molecule is CN1CCCC(CC(=O)Nc2cccc(F)c2)C1. The molecule has 1 aliphatic rings. The average molecular weight is 250 g/mol. The summed E-state index contributed by atoms with van der Waals surface area (Å²) in [5.41, 5.74) is 0.532. The van der Waals surface area contributed by atoms with Gasteiger partial charge in [-0.2, -0.15) is 0 Å². The molecule has 1 aromatic carbocycles. The molecule has 0 aromatic heterocycles. The predicted octanol–water partition coefficient (Wildman–Crippen LogP) is 2.50. The van der Waals surface area contributed by atoms with E-state index in [4.69, 9.17) is 0 Å². The summed E-state index contributed by atoms with van der Waals surface area (Å²) >= 11 is 0. The van der Waals surface area contributed by atoms with Gasteiger partial charge in [0.15, 0.2) is 0 Å². The monoisotopic (exact) mass is 250 g/mol. The van der Waals surface area contributed by atoms with Crippen molar-refractivity contribution in [1.29, 1.82) is 0 Å². The molecule has 1 fully saturated rings. The quantitative estimate of drug-likeness (QED) is 0.894. The van der Waals surface area contributed by atoms with E-state index in [0.29, 0.717) is 18.0 Å². The van der Waals surface area contributed by atoms with Crippen LogP contribution in [0.4, 0.5) is 10.1 Å². The Morgan fingerprint density at radius 2 is 2.39 bits per heavy atom. The van der Waals surface area contributed by atoms with Gasteiger partial charge >= 0.3 is 0 Å². The number of nitrogens with zero attached hydrogens (tertiary/aromatic N) is 1. The summed E-state index contributed by atoms with van der Waals surface area (Å²) in [5.74, 6) is 0.0587. The fourth-order valence-electron chi connectivity index (χ4n) is 2.48. The van der Waals surface area contributed by atoms with Gasteiger partial charge in [0.25, 0.3) is 0 Å². The lowest BCUT2D eigenvalue weighted by molar-refractivity contribution is -0.117. The van der Waals surface area contributed by atoms with Crippen LogP contribution in [-0.4, -0.2) is 30.9 Å². The van der Waals surface area contributed by atoms with E-state index < -0.39 is 0 Å². The normalized spacial score (nSPS) is 20.7. The van der Waals surface area contributed by atoms with Crippen molar-refractivity contribution in [3.8, 4) is 0 Å². The molecule has 1 heterocycles. The fourth-order valence-corrected chi connectivity index (χ4v) is 2.48. The van der Waals surface area contributed by atoms with Crippen molar-refractivity contribution in [2.75, 3.05) is 25.5 Å². The van der Waals surface area contributed by atoms with Crippen LogP contribution in [0.5, 0.6) is 0 Å². The smallest absolute Gasteiger partial charge is 0.224 e. The van der Waals surface area contributed by atoms with Crippen LogP contribution in [0.3, 0.4) is 0 Å². The number of piperidine rings is 1. The van der Waals surface area contributed by atoms with Crippen molar-refractivity contribution in [2.45, 2.75) is 19.3 Å². The summed E-state index contributed by atoms with van der Waals surface area (Å²) in [6.45, 7) is 2.08. The molecule has 0 spiro atoms. The molecule has 1 saturated heterocycles. The third kappa shape index (κ3) is 3.81. The molecule has 2 rings (SSSR count). The molecule has 98 valence electrons. The highest BCUT2D eigenvalue weighted by atomic mass is 19.1. The first kappa shape index (κ1) is 13.0. The van der Waals surface area contributed by atoms with Crippen LogP contribution in [0.15, 0.2) is 24.3 Å². The number of likely N-dealkylation sites (tertiary alicyclic amines) is 1. The van der Waals surface area contributed by atoms with Crippen LogP contribution in [0.25, 0.3) is 0 Å². The van der Waals surface area contributed by atoms with Crippen LogP contribution >= 0.6 is 0 Å². The topological polar surface area (TPSA) is 32.3 Å². The molecule has 4 heteroatoms. The van der Waals surface area contributed by atoms with E-state index in [-0.39, 0.29) is 11.7 Å². The van der Waals surface area contributed by atoms with Gasteiger partial charge in [0, 0.05) is 18.7 Å². The van der Waals surface area contributed by atoms with E-state index in [9.17, 15) is 9.18 Å². The lowest BCUT2D eigenvalue weighted by Crippen LogP contribution is -2.34. The Bertz CT molecular complexity index is 422. The summed E-state index contributed by atoms with van der Waals surface area (Å²) in [6, 6.07) is 6.00. The molecule has 0 aliphatic carbocycles. The summed E-state index contributed by atoms with van der Waals surface area (Å²) in [4.78, 5) is 14.1. The second kappa shape index (κ2) is 5.96. The largest absolute Gasteiger partial charge is 0.326 e. The highest BCUT2D eigenvalue weighted by Crippen LogP contribution is 2.19.